The van der Waals surface area contributed by atoms with Crippen molar-refractivity contribution in [3.63, 3.8) is 0 Å². The highest BCUT2D eigenvalue weighted by molar-refractivity contribution is 7.89. The summed E-state index contributed by atoms with van der Waals surface area (Å²) >= 11 is 0. The SMILES string of the molecule is CCS(=O)(=O)NC1COCc2c(-c3cc4c(cnn4C)cc3F)cncc21. The van der Waals surface area contributed by atoms with Crippen molar-refractivity contribution >= 4 is 20.9 Å². The van der Waals surface area contributed by atoms with E-state index in [0.717, 1.165) is 11.1 Å². The maximum Gasteiger partial charge on any atom is 0.211 e. The Morgan fingerprint density at radius 3 is 2.89 bits per heavy atom. The molecule has 7 nitrogen and oxygen atoms in total. The summed E-state index contributed by atoms with van der Waals surface area (Å²) in [5.74, 6) is -0.417. The highest BCUT2D eigenvalue weighted by Crippen LogP contribution is 2.35. The number of aryl methyl sites for hydroxylation is 1. The van der Waals surface area contributed by atoms with Gasteiger partial charge in [-0.25, -0.2) is 17.5 Å². The minimum Gasteiger partial charge on any atom is -0.375 e. The number of nitrogens with zero attached hydrogens (tertiary/aromatic N) is 3. The van der Waals surface area contributed by atoms with Crippen LogP contribution in [0.15, 0.2) is 30.7 Å². The predicted molar refractivity (Wildman–Crippen MR) is 98.9 cm³/mol. The summed E-state index contributed by atoms with van der Waals surface area (Å²) in [6, 6.07) is 2.63. The van der Waals surface area contributed by atoms with Crippen LogP contribution in [0.25, 0.3) is 22.0 Å². The Morgan fingerprint density at radius 2 is 2.11 bits per heavy atom. The van der Waals surface area contributed by atoms with Crippen molar-refractivity contribution in [1.29, 1.82) is 0 Å². The molecule has 2 aromatic heterocycles. The first kappa shape index (κ1) is 18.0. The molecule has 0 amide bonds. The van der Waals surface area contributed by atoms with E-state index in [-0.39, 0.29) is 24.8 Å². The van der Waals surface area contributed by atoms with Gasteiger partial charge in [0.15, 0.2) is 0 Å². The first-order chi connectivity index (χ1) is 12.9. The molecule has 0 fully saturated rings. The van der Waals surface area contributed by atoms with E-state index < -0.39 is 16.1 Å². The molecule has 0 spiro atoms. The molecule has 9 heteroatoms. The lowest BCUT2D eigenvalue weighted by atomic mass is 9.93. The molecule has 142 valence electrons. The second-order valence-electron chi connectivity index (χ2n) is 6.50. The summed E-state index contributed by atoms with van der Waals surface area (Å²) in [6.45, 7) is 2.04. The number of aromatic nitrogens is 3. The molecular formula is C18H19FN4O3S. The van der Waals surface area contributed by atoms with Gasteiger partial charge in [-0.05, 0) is 30.2 Å². The Kier molecular flexibility index (Phi) is 4.45. The molecule has 3 aromatic rings. The van der Waals surface area contributed by atoms with E-state index in [9.17, 15) is 12.8 Å². The van der Waals surface area contributed by atoms with E-state index in [2.05, 4.69) is 14.8 Å². The molecule has 3 heterocycles. The van der Waals surface area contributed by atoms with Crippen LogP contribution in [0.2, 0.25) is 0 Å². The monoisotopic (exact) mass is 390 g/mol. The number of nitrogens with one attached hydrogen (secondary N) is 1. The minimum atomic E-state index is -3.42. The van der Waals surface area contributed by atoms with Gasteiger partial charge in [-0.1, -0.05) is 0 Å². The summed E-state index contributed by atoms with van der Waals surface area (Å²) < 4.78 is 48.7. The third-order valence-electron chi connectivity index (χ3n) is 4.82. The molecule has 1 N–H and O–H groups in total. The van der Waals surface area contributed by atoms with Gasteiger partial charge in [0.1, 0.15) is 5.82 Å². The number of benzene rings is 1. The van der Waals surface area contributed by atoms with Gasteiger partial charge in [-0.2, -0.15) is 5.10 Å². The van der Waals surface area contributed by atoms with Crippen LogP contribution in [0.1, 0.15) is 24.1 Å². The van der Waals surface area contributed by atoms with Gasteiger partial charge >= 0.3 is 0 Å². The van der Waals surface area contributed by atoms with Crippen LogP contribution < -0.4 is 4.72 Å². The average Bonchev–Trinajstić information content (AvgIpc) is 3.00. The topological polar surface area (TPSA) is 86.1 Å². The van der Waals surface area contributed by atoms with Crippen molar-refractivity contribution in [3.8, 4) is 11.1 Å². The first-order valence-electron chi connectivity index (χ1n) is 8.55. The number of rotatable bonds is 4. The van der Waals surface area contributed by atoms with E-state index in [1.807, 2.05) is 0 Å². The molecular weight excluding hydrogens is 371 g/mol. The Bertz CT molecular complexity index is 1130. The third-order valence-corrected chi connectivity index (χ3v) is 6.23. The van der Waals surface area contributed by atoms with Crippen molar-refractivity contribution in [1.82, 2.24) is 19.5 Å². The van der Waals surface area contributed by atoms with Gasteiger partial charge < -0.3 is 4.74 Å². The molecule has 4 rings (SSSR count). The number of ether oxygens (including phenoxy) is 1. The first-order valence-corrected chi connectivity index (χ1v) is 10.2. The summed E-state index contributed by atoms with van der Waals surface area (Å²) in [7, 11) is -1.62. The molecule has 27 heavy (non-hydrogen) atoms. The highest BCUT2D eigenvalue weighted by Gasteiger charge is 2.27. The van der Waals surface area contributed by atoms with Crippen LogP contribution in [0, 0.1) is 5.82 Å². The van der Waals surface area contributed by atoms with Gasteiger partial charge in [-0.3, -0.25) is 9.67 Å². The van der Waals surface area contributed by atoms with E-state index in [1.165, 1.54) is 6.07 Å². The fourth-order valence-electron chi connectivity index (χ4n) is 3.34. The van der Waals surface area contributed by atoms with Crippen LogP contribution in [0.5, 0.6) is 0 Å². The third kappa shape index (κ3) is 3.22. The standard InChI is InChI=1S/C18H19FN4O3S/c1-3-27(24,25)22-17-10-26-9-15-13(7-20-8-14(15)17)12-5-18-11(4-16(12)19)6-21-23(18)2/h4-8,17,22H,3,9-10H2,1-2H3. The fourth-order valence-corrected chi connectivity index (χ4v) is 4.14. The second kappa shape index (κ2) is 6.66. The normalized spacial score (nSPS) is 17.2. The second-order valence-corrected chi connectivity index (χ2v) is 8.55. The Morgan fingerprint density at radius 1 is 1.30 bits per heavy atom. The molecule has 1 atom stereocenters. The van der Waals surface area contributed by atoms with Crippen molar-refractivity contribution < 1.29 is 17.5 Å². The maximum atomic E-state index is 14.8. The molecule has 0 saturated carbocycles. The van der Waals surface area contributed by atoms with Gasteiger partial charge in [0.2, 0.25) is 10.0 Å². The zero-order chi connectivity index (χ0) is 19.2. The largest absolute Gasteiger partial charge is 0.375 e. The van der Waals surface area contributed by atoms with Gasteiger partial charge in [-0.15, -0.1) is 0 Å². The summed E-state index contributed by atoms with van der Waals surface area (Å²) in [4.78, 5) is 4.23. The predicted octanol–water partition coefficient (Wildman–Crippen LogP) is 2.29. The molecule has 1 aliphatic rings. The van der Waals surface area contributed by atoms with Crippen molar-refractivity contribution in [2.45, 2.75) is 19.6 Å². The van der Waals surface area contributed by atoms with Crippen molar-refractivity contribution in [3.05, 3.63) is 47.7 Å². The molecule has 1 aromatic carbocycles. The fraction of sp³-hybridized carbons (Fsp3) is 0.333. The van der Waals surface area contributed by atoms with Crippen LogP contribution in [0.3, 0.4) is 0 Å². The van der Waals surface area contributed by atoms with Gasteiger partial charge in [0, 0.05) is 36.0 Å². The maximum absolute atomic E-state index is 14.8. The molecule has 1 unspecified atom stereocenters. The summed E-state index contributed by atoms with van der Waals surface area (Å²) in [5.41, 5.74) is 3.22. The average molecular weight is 390 g/mol. The number of halogens is 1. The van der Waals surface area contributed by atoms with E-state index in [1.54, 1.807) is 43.3 Å². The zero-order valence-corrected chi connectivity index (χ0v) is 15.8. The Balaban J connectivity index is 1.84. The van der Waals surface area contributed by atoms with Gasteiger partial charge in [0.05, 0.1) is 36.7 Å². The van der Waals surface area contributed by atoms with Crippen molar-refractivity contribution in [2.75, 3.05) is 12.4 Å². The van der Waals surface area contributed by atoms with Gasteiger partial charge in [0.25, 0.3) is 0 Å². The van der Waals surface area contributed by atoms with E-state index in [0.29, 0.717) is 22.1 Å². The minimum absolute atomic E-state index is 0.0300. The number of fused-ring (bicyclic) bond motifs is 2. The van der Waals surface area contributed by atoms with E-state index in [4.69, 9.17) is 4.74 Å². The van der Waals surface area contributed by atoms with Crippen LogP contribution >= 0.6 is 0 Å². The zero-order valence-electron chi connectivity index (χ0n) is 14.9. The smallest absolute Gasteiger partial charge is 0.211 e. The lowest BCUT2D eigenvalue weighted by Crippen LogP contribution is -2.35. The molecule has 0 aliphatic carbocycles. The quantitative estimate of drug-likeness (QED) is 0.739. The number of hydrogen-bond acceptors (Lipinski definition) is 5. The summed E-state index contributed by atoms with van der Waals surface area (Å²) in [6.07, 6.45) is 4.81. The summed E-state index contributed by atoms with van der Waals surface area (Å²) in [5, 5.41) is 4.86. The molecule has 1 aliphatic heterocycles. The number of pyridine rings is 1. The van der Waals surface area contributed by atoms with E-state index >= 15 is 0 Å². The molecule has 0 saturated heterocycles. The van der Waals surface area contributed by atoms with Crippen LogP contribution in [-0.4, -0.2) is 35.5 Å². The Hall–Kier alpha value is -2.36. The Labute approximate surface area is 156 Å². The van der Waals surface area contributed by atoms with Crippen molar-refractivity contribution in [2.24, 2.45) is 7.05 Å². The van der Waals surface area contributed by atoms with Crippen LogP contribution in [-0.2, 0) is 28.4 Å². The molecule has 0 bridgehead atoms. The number of hydrogen-bond donors (Lipinski definition) is 1. The highest BCUT2D eigenvalue weighted by atomic mass is 32.2. The molecule has 0 radical (unpaired) electrons. The lowest BCUT2D eigenvalue weighted by molar-refractivity contribution is 0.0884. The number of sulfonamides is 1. The lowest BCUT2D eigenvalue weighted by Gasteiger charge is -2.27. The van der Waals surface area contributed by atoms with Crippen LogP contribution in [0.4, 0.5) is 4.39 Å².